The average Bonchev–Trinajstić information content (AvgIpc) is 3.03. The van der Waals surface area contributed by atoms with Gasteiger partial charge in [-0.05, 0) is 12.1 Å². The van der Waals surface area contributed by atoms with E-state index in [1.165, 1.54) is 14.0 Å². The van der Waals surface area contributed by atoms with Crippen LogP contribution in [0, 0.1) is 0 Å². The molecule has 25 heavy (non-hydrogen) atoms. The second kappa shape index (κ2) is 8.27. The number of rotatable bonds is 7. The highest BCUT2D eigenvalue weighted by Crippen LogP contribution is 2.28. The fourth-order valence-electron chi connectivity index (χ4n) is 2.11. The van der Waals surface area contributed by atoms with Crippen molar-refractivity contribution in [2.24, 2.45) is 0 Å². The van der Waals surface area contributed by atoms with Gasteiger partial charge in [-0.15, -0.1) is 0 Å². The molecular formula is C17H22N4O4. The van der Waals surface area contributed by atoms with Gasteiger partial charge in [0.15, 0.2) is 5.82 Å². The van der Waals surface area contributed by atoms with Gasteiger partial charge in [0.2, 0.25) is 17.7 Å². The number of aromatic nitrogens is 2. The minimum Gasteiger partial charge on any atom is -0.494 e. The first-order chi connectivity index (χ1) is 11.9. The van der Waals surface area contributed by atoms with Crippen LogP contribution < -0.4 is 15.4 Å². The first-order valence-electron chi connectivity index (χ1n) is 7.97. The third-order valence-electron chi connectivity index (χ3n) is 3.36. The number of nitrogens with zero attached hydrogens (tertiary/aromatic N) is 2. The van der Waals surface area contributed by atoms with Crippen molar-refractivity contribution in [3.8, 4) is 5.75 Å². The third-order valence-corrected chi connectivity index (χ3v) is 3.36. The van der Waals surface area contributed by atoms with Gasteiger partial charge in [-0.25, -0.2) is 0 Å². The van der Waals surface area contributed by atoms with Gasteiger partial charge in [0.05, 0.1) is 12.8 Å². The SMILES string of the molecule is COc1cc(NC(=O)CCc2nc(C(C)C)no2)ccc1NC(C)=O. The van der Waals surface area contributed by atoms with E-state index in [0.29, 0.717) is 35.3 Å². The quantitative estimate of drug-likeness (QED) is 0.798. The number of carbonyl (C=O) groups is 2. The molecule has 0 saturated heterocycles. The van der Waals surface area contributed by atoms with Crippen molar-refractivity contribution in [1.82, 2.24) is 10.1 Å². The van der Waals surface area contributed by atoms with E-state index in [-0.39, 0.29) is 24.2 Å². The maximum Gasteiger partial charge on any atom is 0.227 e. The van der Waals surface area contributed by atoms with Crippen LogP contribution >= 0.6 is 0 Å². The number of hydrogen-bond donors (Lipinski definition) is 2. The predicted molar refractivity (Wildman–Crippen MR) is 92.6 cm³/mol. The van der Waals surface area contributed by atoms with Crippen LogP contribution in [0.5, 0.6) is 5.75 Å². The highest BCUT2D eigenvalue weighted by Gasteiger charge is 2.12. The molecule has 8 nitrogen and oxygen atoms in total. The molecule has 1 heterocycles. The normalized spacial score (nSPS) is 10.6. The molecule has 0 aliphatic carbocycles. The van der Waals surface area contributed by atoms with Crippen molar-refractivity contribution >= 4 is 23.2 Å². The van der Waals surface area contributed by atoms with E-state index < -0.39 is 0 Å². The fourth-order valence-corrected chi connectivity index (χ4v) is 2.11. The number of carbonyl (C=O) groups excluding carboxylic acids is 2. The van der Waals surface area contributed by atoms with E-state index in [9.17, 15) is 9.59 Å². The molecule has 0 atom stereocenters. The van der Waals surface area contributed by atoms with Crippen LogP contribution in [0.2, 0.25) is 0 Å². The molecule has 0 bridgehead atoms. The lowest BCUT2D eigenvalue weighted by Gasteiger charge is -2.11. The van der Waals surface area contributed by atoms with Crippen molar-refractivity contribution < 1.29 is 18.8 Å². The first kappa shape index (κ1) is 18.4. The smallest absolute Gasteiger partial charge is 0.227 e. The summed E-state index contributed by atoms with van der Waals surface area (Å²) in [5, 5.41) is 9.30. The molecule has 134 valence electrons. The number of nitrogens with one attached hydrogen (secondary N) is 2. The summed E-state index contributed by atoms with van der Waals surface area (Å²) >= 11 is 0. The molecule has 0 aliphatic heterocycles. The van der Waals surface area contributed by atoms with Gasteiger partial charge in [-0.1, -0.05) is 19.0 Å². The summed E-state index contributed by atoms with van der Waals surface area (Å²) in [4.78, 5) is 27.5. The Labute approximate surface area is 145 Å². The Morgan fingerprint density at radius 2 is 2.04 bits per heavy atom. The highest BCUT2D eigenvalue weighted by molar-refractivity contribution is 5.93. The monoisotopic (exact) mass is 346 g/mol. The summed E-state index contributed by atoms with van der Waals surface area (Å²) < 4.78 is 10.3. The fraction of sp³-hybridized carbons (Fsp3) is 0.412. The van der Waals surface area contributed by atoms with E-state index in [1.54, 1.807) is 18.2 Å². The van der Waals surface area contributed by atoms with Crippen LogP contribution in [-0.2, 0) is 16.0 Å². The van der Waals surface area contributed by atoms with Gasteiger partial charge in [-0.2, -0.15) is 4.98 Å². The summed E-state index contributed by atoms with van der Waals surface area (Å²) in [7, 11) is 1.49. The lowest BCUT2D eigenvalue weighted by atomic mass is 10.2. The first-order valence-corrected chi connectivity index (χ1v) is 7.97. The Kier molecular flexibility index (Phi) is 6.10. The molecule has 0 unspecified atom stereocenters. The molecule has 2 amide bonds. The molecule has 0 saturated carbocycles. The Hall–Kier alpha value is -2.90. The average molecular weight is 346 g/mol. The highest BCUT2D eigenvalue weighted by atomic mass is 16.5. The second-order valence-corrected chi connectivity index (χ2v) is 5.85. The summed E-state index contributed by atoms with van der Waals surface area (Å²) in [5.41, 5.74) is 1.12. The zero-order valence-electron chi connectivity index (χ0n) is 14.8. The van der Waals surface area contributed by atoms with Gasteiger partial charge in [0, 0.05) is 37.4 Å². The van der Waals surface area contributed by atoms with Crippen LogP contribution in [-0.4, -0.2) is 29.1 Å². The molecule has 2 N–H and O–H groups in total. The van der Waals surface area contributed by atoms with E-state index in [0.717, 1.165) is 0 Å². The molecule has 2 aromatic rings. The Morgan fingerprint density at radius 3 is 2.64 bits per heavy atom. The second-order valence-electron chi connectivity index (χ2n) is 5.85. The number of aryl methyl sites for hydroxylation is 1. The van der Waals surface area contributed by atoms with Crippen LogP contribution in [0.1, 0.15) is 44.8 Å². The van der Waals surface area contributed by atoms with Crippen molar-refractivity contribution in [2.45, 2.75) is 39.5 Å². The Bertz CT molecular complexity index is 755. The van der Waals surface area contributed by atoms with E-state index in [2.05, 4.69) is 20.8 Å². The zero-order valence-corrected chi connectivity index (χ0v) is 14.8. The third kappa shape index (κ3) is 5.30. The standard InChI is InChI=1S/C17H22N4O4/c1-10(2)17-20-16(25-21-17)8-7-15(23)19-12-5-6-13(18-11(3)22)14(9-12)24-4/h5-6,9-10H,7-8H2,1-4H3,(H,18,22)(H,19,23). The number of benzene rings is 1. The number of anilines is 2. The minimum absolute atomic E-state index is 0.181. The number of hydrogen-bond acceptors (Lipinski definition) is 6. The Balaban J connectivity index is 1.94. The Morgan fingerprint density at radius 1 is 1.28 bits per heavy atom. The molecule has 0 radical (unpaired) electrons. The number of ether oxygens (including phenoxy) is 1. The zero-order chi connectivity index (χ0) is 18.4. The number of methoxy groups -OCH3 is 1. The lowest BCUT2D eigenvalue weighted by Crippen LogP contribution is -2.13. The molecule has 2 rings (SSSR count). The summed E-state index contributed by atoms with van der Waals surface area (Å²) in [5.74, 6) is 1.34. The maximum atomic E-state index is 12.1. The van der Waals surface area contributed by atoms with Gasteiger partial charge >= 0.3 is 0 Å². The van der Waals surface area contributed by atoms with Gasteiger partial charge < -0.3 is 19.9 Å². The van der Waals surface area contributed by atoms with E-state index >= 15 is 0 Å². The number of amides is 2. The van der Waals surface area contributed by atoms with Crippen molar-refractivity contribution in [3.05, 3.63) is 29.9 Å². The summed E-state index contributed by atoms with van der Waals surface area (Å²) in [6.07, 6.45) is 0.585. The van der Waals surface area contributed by atoms with Gasteiger partial charge in [0.1, 0.15) is 5.75 Å². The van der Waals surface area contributed by atoms with Crippen molar-refractivity contribution in [2.75, 3.05) is 17.7 Å². The molecule has 0 aliphatic rings. The maximum absolute atomic E-state index is 12.1. The lowest BCUT2D eigenvalue weighted by molar-refractivity contribution is -0.116. The van der Waals surface area contributed by atoms with Gasteiger partial charge in [-0.3, -0.25) is 9.59 Å². The topological polar surface area (TPSA) is 106 Å². The largest absolute Gasteiger partial charge is 0.494 e. The van der Waals surface area contributed by atoms with Crippen LogP contribution in [0.4, 0.5) is 11.4 Å². The predicted octanol–water partition coefficient (Wildman–Crippen LogP) is 2.73. The van der Waals surface area contributed by atoms with Crippen LogP contribution in [0.25, 0.3) is 0 Å². The molecule has 1 aromatic carbocycles. The van der Waals surface area contributed by atoms with E-state index in [1.807, 2.05) is 13.8 Å². The van der Waals surface area contributed by atoms with Crippen LogP contribution in [0.3, 0.4) is 0 Å². The molecule has 0 spiro atoms. The summed E-state index contributed by atoms with van der Waals surface area (Å²) in [6.45, 7) is 5.36. The van der Waals surface area contributed by atoms with Gasteiger partial charge in [0.25, 0.3) is 0 Å². The van der Waals surface area contributed by atoms with Crippen LogP contribution in [0.15, 0.2) is 22.7 Å². The molecular weight excluding hydrogens is 324 g/mol. The molecule has 0 fully saturated rings. The summed E-state index contributed by atoms with van der Waals surface area (Å²) in [6, 6.07) is 5.00. The van der Waals surface area contributed by atoms with Crippen molar-refractivity contribution in [3.63, 3.8) is 0 Å². The minimum atomic E-state index is -0.199. The van der Waals surface area contributed by atoms with Crippen molar-refractivity contribution in [1.29, 1.82) is 0 Å². The van der Waals surface area contributed by atoms with E-state index in [4.69, 9.17) is 9.26 Å². The molecule has 8 heteroatoms. The molecule has 1 aromatic heterocycles.